The molecule has 0 rings (SSSR count). The highest BCUT2D eigenvalue weighted by Gasteiger charge is 2.22. The van der Waals surface area contributed by atoms with E-state index in [0.29, 0.717) is 6.42 Å². The van der Waals surface area contributed by atoms with Crippen molar-refractivity contribution < 1.29 is 37.9 Å². The van der Waals surface area contributed by atoms with E-state index in [1.54, 1.807) is 0 Å². The first-order chi connectivity index (χ1) is 17.8. The van der Waals surface area contributed by atoms with Crippen LogP contribution in [0.25, 0.3) is 0 Å². The highest BCUT2D eigenvalue weighted by atomic mass is 31.2. The first-order valence-electron chi connectivity index (χ1n) is 14.5. The lowest BCUT2D eigenvalue weighted by Crippen LogP contribution is -2.29. The van der Waals surface area contributed by atoms with E-state index in [2.05, 4.69) is 30.5 Å². The van der Waals surface area contributed by atoms with Crippen molar-refractivity contribution in [1.29, 1.82) is 0 Å². The van der Waals surface area contributed by atoms with E-state index in [0.717, 1.165) is 64.2 Å². The number of hydrogen-bond acceptors (Lipinski definition) is 6. The summed E-state index contributed by atoms with van der Waals surface area (Å²) in [5, 5.41) is 0. The molecule has 1 atom stereocenters. The predicted molar refractivity (Wildman–Crippen MR) is 147 cm³/mol. The summed E-state index contributed by atoms with van der Waals surface area (Å²) in [5.74, 6) is -0.904. The molecule has 0 radical (unpaired) electrons. The molecule has 0 fully saturated rings. The second-order valence-corrected chi connectivity index (χ2v) is 11.0. The van der Waals surface area contributed by atoms with Crippen molar-refractivity contribution in [2.24, 2.45) is 0 Å². The van der Waals surface area contributed by atoms with Gasteiger partial charge in [-0.2, -0.15) is 0 Å². The van der Waals surface area contributed by atoms with Gasteiger partial charge in [0.1, 0.15) is 6.61 Å². The van der Waals surface area contributed by atoms with Crippen molar-refractivity contribution in [2.45, 2.75) is 142 Å². The lowest BCUT2D eigenvalue weighted by atomic mass is 10.1. The molecule has 0 aromatic heterocycles. The van der Waals surface area contributed by atoms with Crippen LogP contribution in [0.1, 0.15) is 136 Å². The van der Waals surface area contributed by atoms with Crippen LogP contribution in [0.15, 0.2) is 12.2 Å². The minimum Gasteiger partial charge on any atom is -0.462 e. The van der Waals surface area contributed by atoms with Crippen LogP contribution < -0.4 is 0 Å². The molecular weight excluding hydrogens is 495 g/mol. The molecule has 0 spiro atoms. The molecule has 0 bridgehead atoms. The van der Waals surface area contributed by atoms with E-state index in [4.69, 9.17) is 19.3 Å². The zero-order valence-corrected chi connectivity index (χ0v) is 24.3. The smallest absolute Gasteiger partial charge is 0.462 e. The molecule has 2 N–H and O–H groups in total. The molecule has 0 heterocycles. The Morgan fingerprint density at radius 2 is 1.14 bits per heavy atom. The second-order valence-electron chi connectivity index (χ2n) is 9.73. The number of carbonyl (C=O) groups is 2. The van der Waals surface area contributed by atoms with Crippen molar-refractivity contribution in [1.82, 2.24) is 0 Å². The highest BCUT2D eigenvalue weighted by Crippen LogP contribution is 2.35. The van der Waals surface area contributed by atoms with E-state index < -0.39 is 32.5 Å². The molecular formula is C28H53O8P. The quantitative estimate of drug-likeness (QED) is 0.0492. The van der Waals surface area contributed by atoms with E-state index in [-0.39, 0.29) is 19.4 Å². The fourth-order valence-electron chi connectivity index (χ4n) is 3.84. The van der Waals surface area contributed by atoms with Crippen molar-refractivity contribution in [3.8, 4) is 0 Å². The molecule has 0 aromatic carbocycles. The summed E-state index contributed by atoms with van der Waals surface area (Å²) < 4.78 is 26.0. The minimum atomic E-state index is -4.73. The number of ether oxygens (including phenoxy) is 2. The number of esters is 2. The Morgan fingerprint density at radius 1 is 0.676 bits per heavy atom. The number of carbonyl (C=O) groups excluding carboxylic acids is 2. The van der Waals surface area contributed by atoms with Crippen LogP contribution >= 0.6 is 7.82 Å². The molecule has 37 heavy (non-hydrogen) atoms. The van der Waals surface area contributed by atoms with Crippen molar-refractivity contribution in [2.75, 3.05) is 13.2 Å². The normalized spacial score (nSPS) is 12.6. The van der Waals surface area contributed by atoms with Gasteiger partial charge in [0.05, 0.1) is 6.61 Å². The van der Waals surface area contributed by atoms with Crippen LogP contribution in [0.4, 0.5) is 0 Å². The number of rotatable bonds is 26. The first kappa shape index (κ1) is 35.8. The summed E-state index contributed by atoms with van der Waals surface area (Å²) in [4.78, 5) is 42.1. The molecule has 8 nitrogen and oxygen atoms in total. The maximum Gasteiger partial charge on any atom is 0.469 e. The van der Waals surface area contributed by atoms with Gasteiger partial charge in [0.15, 0.2) is 6.10 Å². The molecule has 0 aliphatic carbocycles. The molecule has 9 heteroatoms. The average Bonchev–Trinajstić information content (AvgIpc) is 2.85. The van der Waals surface area contributed by atoms with Gasteiger partial charge in [-0.1, -0.05) is 96.6 Å². The van der Waals surface area contributed by atoms with Gasteiger partial charge < -0.3 is 19.3 Å². The maximum absolute atomic E-state index is 12.2. The topological polar surface area (TPSA) is 119 Å². The van der Waals surface area contributed by atoms with E-state index in [1.165, 1.54) is 38.5 Å². The largest absolute Gasteiger partial charge is 0.469 e. The van der Waals surface area contributed by atoms with Gasteiger partial charge in [-0.05, 0) is 38.5 Å². The highest BCUT2D eigenvalue weighted by molar-refractivity contribution is 7.46. The van der Waals surface area contributed by atoms with Crippen LogP contribution in [0, 0.1) is 0 Å². The number of phosphoric ester groups is 1. The third-order valence-corrected chi connectivity index (χ3v) is 6.52. The van der Waals surface area contributed by atoms with Crippen molar-refractivity contribution in [3.05, 3.63) is 12.2 Å². The van der Waals surface area contributed by atoms with Gasteiger partial charge in [0.2, 0.25) is 0 Å². The summed E-state index contributed by atoms with van der Waals surface area (Å²) in [5.41, 5.74) is 0. The average molecular weight is 549 g/mol. The Bertz CT molecular complexity index is 632. The number of unbranched alkanes of at least 4 members (excludes halogenated alkanes) is 14. The second kappa shape index (κ2) is 25.1. The first-order valence-corrected chi connectivity index (χ1v) is 16.0. The molecule has 0 saturated heterocycles. The molecule has 0 aliphatic heterocycles. The van der Waals surface area contributed by atoms with Crippen LogP contribution in [0.3, 0.4) is 0 Å². The van der Waals surface area contributed by atoms with Gasteiger partial charge >= 0.3 is 19.8 Å². The molecule has 0 aliphatic rings. The van der Waals surface area contributed by atoms with E-state index in [1.807, 2.05) is 0 Å². The summed E-state index contributed by atoms with van der Waals surface area (Å²) in [6.07, 6.45) is 22.4. The minimum absolute atomic E-state index is 0.204. The zero-order chi connectivity index (χ0) is 27.6. The summed E-state index contributed by atoms with van der Waals surface area (Å²) in [6, 6.07) is 0. The monoisotopic (exact) mass is 548 g/mol. The molecule has 0 unspecified atom stereocenters. The fourth-order valence-corrected chi connectivity index (χ4v) is 4.20. The summed E-state index contributed by atoms with van der Waals surface area (Å²) in [7, 11) is -4.73. The number of phosphoric acid groups is 1. The van der Waals surface area contributed by atoms with Gasteiger partial charge in [0, 0.05) is 12.8 Å². The number of hydrogen-bond donors (Lipinski definition) is 2. The predicted octanol–water partition coefficient (Wildman–Crippen LogP) is 7.56. The van der Waals surface area contributed by atoms with E-state index in [9.17, 15) is 14.2 Å². The Labute approximate surface area is 225 Å². The SMILES string of the molecule is CCCCC/C=C/CCCCCCCC(=O)O[C@@H](COC(=O)CCCCCCCCC)COP(=O)(O)O. The van der Waals surface area contributed by atoms with Crippen LogP contribution in [-0.2, 0) is 28.2 Å². The van der Waals surface area contributed by atoms with Crippen LogP contribution in [-0.4, -0.2) is 41.0 Å². The van der Waals surface area contributed by atoms with Crippen LogP contribution in [0.5, 0.6) is 0 Å². The van der Waals surface area contributed by atoms with Crippen LogP contribution in [0.2, 0.25) is 0 Å². The van der Waals surface area contributed by atoms with Gasteiger partial charge in [-0.15, -0.1) is 0 Å². The lowest BCUT2D eigenvalue weighted by molar-refractivity contribution is -0.161. The zero-order valence-electron chi connectivity index (χ0n) is 23.4. The molecule has 0 saturated carbocycles. The maximum atomic E-state index is 12.2. The molecule has 0 aromatic rings. The Balaban J connectivity index is 4.09. The third kappa shape index (κ3) is 27.6. The van der Waals surface area contributed by atoms with Crippen molar-refractivity contribution in [3.63, 3.8) is 0 Å². The Kier molecular flexibility index (Phi) is 24.3. The molecule has 218 valence electrons. The fraction of sp³-hybridized carbons (Fsp3) is 0.857. The van der Waals surface area contributed by atoms with E-state index >= 15 is 0 Å². The van der Waals surface area contributed by atoms with Gasteiger partial charge in [-0.25, -0.2) is 4.57 Å². The van der Waals surface area contributed by atoms with Gasteiger partial charge in [0.25, 0.3) is 0 Å². The third-order valence-electron chi connectivity index (χ3n) is 6.03. The van der Waals surface area contributed by atoms with Gasteiger partial charge in [-0.3, -0.25) is 14.1 Å². The standard InChI is InChI=1S/C28H53O8P/c1-3-5-7-9-11-12-13-14-15-17-19-21-23-28(30)36-26(25-35-37(31,32)33)24-34-27(29)22-20-18-16-10-8-6-4-2/h11-12,26H,3-10,13-25H2,1-2H3,(H2,31,32,33)/b12-11+/t26-/m0/s1. The lowest BCUT2D eigenvalue weighted by Gasteiger charge is -2.18. The Morgan fingerprint density at radius 3 is 1.70 bits per heavy atom. The Hall–Kier alpha value is -1.21. The summed E-state index contributed by atoms with van der Waals surface area (Å²) in [6.45, 7) is 3.56. The van der Waals surface area contributed by atoms with Crippen molar-refractivity contribution >= 4 is 19.8 Å². The summed E-state index contributed by atoms with van der Waals surface area (Å²) >= 11 is 0. The number of allylic oxidation sites excluding steroid dienone is 2. The molecule has 0 amide bonds.